The maximum absolute atomic E-state index is 12.2. The van der Waals surface area contributed by atoms with Crippen molar-refractivity contribution in [3.05, 3.63) is 34.5 Å². The molecule has 0 unspecified atom stereocenters. The molecule has 1 aromatic heterocycles. The third kappa shape index (κ3) is 2.34. The molecule has 4 nitrogen and oxygen atoms in total. The third-order valence-corrected chi connectivity index (χ3v) is 6.02. The van der Waals surface area contributed by atoms with Gasteiger partial charge in [-0.25, -0.2) is 8.42 Å². The van der Waals surface area contributed by atoms with Gasteiger partial charge in [-0.05, 0) is 24.1 Å². The summed E-state index contributed by atoms with van der Waals surface area (Å²) in [6.07, 6.45) is 1.37. The van der Waals surface area contributed by atoms with Crippen molar-refractivity contribution in [2.75, 3.05) is 12.3 Å². The van der Waals surface area contributed by atoms with E-state index >= 15 is 0 Å². The Morgan fingerprint density at radius 2 is 2.20 bits per heavy atom. The maximum Gasteiger partial charge on any atom is 0.214 e. The molecule has 2 aromatic rings. The molecule has 0 spiro atoms. The van der Waals surface area contributed by atoms with Gasteiger partial charge in [-0.1, -0.05) is 24.6 Å². The summed E-state index contributed by atoms with van der Waals surface area (Å²) in [6, 6.07) is 5.69. The summed E-state index contributed by atoms with van der Waals surface area (Å²) in [5, 5.41) is 1.76. The summed E-state index contributed by atoms with van der Waals surface area (Å²) < 4.78 is 26.0. The maximum atomic E-state index is 12.2. The number of nitrogens with zero attached hydrogens (tertiary/aromatic N) is 1. The van der Waals surface area contributed by atoms with Crippen LogP contribution in [0.5, 0.6) is 0 Å². The van der Waals surface area contributed by atoms with Crippen LogP contribution < -0.4 is 0 Å². The monoisotopic (exact) mass is 312 g/mol. The van der Waals surface area contributed by atoms with Crippen LogP contribution in [0.25, 0.3) is 10.9 Å². The zero-order valence-corrected chi connectivity index (χ0v) is 12.9. The first kappa shape index (κ1) is 13.9. The van der Waals surface area contributed by atoms with Crippen LogP contribution in [0.15, 0.2) is 18.2 Å². The highest BCUT2D eigenvalue weighted by Gasteiger charge is 2.28. The van der Waals surface area contributed by atoms with Crippen molar-refractivity contribution < 1.29 is 8.42 Å². The van der Waals surface area contributed by atoms with E-state index < -0.39 is 10.0 Å². The van der Waals surface area contributed by atoms with Crippen LogP contribution in [-0.2, 0) is 23.0 Å². The van der Waals surface area contributed by atoms with E-state index in [1.54, 1.807) is 4.31 Å². The zero-order valence-electron chi connectivity index (χ0n) is 11.3. The number of fused-ring (bicyclic) bond motifs is 3. The fourth-order valence-electron chi connectivity index (χ4n) is 2.79. The molecule has 6 heteroatoms. The normalized spacial score (nSPS) is 16.5. The van der Waals surface area contributed by atoms with Crippen molar-refractivity contribution in [3.8, 4) is 0 Å². The molecule has 1 aliphatic rings. The first-order chi connectivity index (χ1) is 9.51. The van der Waals surface area contributed by atoms with Crippen LogP contribution in [0.3, 0.4) is 0 Å². The molecule has 1 aromatic carbocycles. The molecule has 2 heterocycles. The van der Waals surface area contributed by atoms with Crippen molar-refractivity contribution in [2.45, 2.75) is 26.3 Å². The van der Waals surface area contributed by atoms with E-state index in [0.717, 1.165) is 28.6 Å². The number of hydrogen-bond acceptors (Lipinski definition) is 2. The topological polar surface area (TPSA) is 53.2 Å². The van der Waals surface area contributed by atoms with Crippen molar-refractivity contribution >= 4 is 32.5 Å². The standard InChI is InChI=1S/C14H17ClN2O2S/c1-2-7-20(18,19)17-6-5-13-12(9-17)11-4-3-10(15)8-14(11)16-13/h3-4,8,16H,2,5-7,9H2,1H3. The molecule has 1 N–H and O–H groups in total. The van der Waals surface area contributed by atoms with Crippen LogP contribution in [0.4, 0.5) is 0 Å². The number of rotatable bonds is 3. The van der Waals surface area contributed by atoms with Crippen LogP contribution in [0, 0.1) is 0 Å². The molecule has 0 amide bonds. The molecule has 0 bridgehead atoms. The van der Waals surface area contributed by atoms with E-state index in [9.17, 15) is 8.42 Å². The van der Waals surface area contributed by atoms with Crippen LogP contribution in [0.1, 0.15) is 24.6 Å². The highest BCUT2D eigenvalue weighted by molar-refractivity contribution is 7.89. The Morgan fingerprint density at radius 3 is 2.95 bits per heavy atom. The molecule has 0 radical (unpaired) electrons. The minimum absolute atomic E-state index is 0.219. The number of sulfonamides is 1. The van der Waals surface area contributed by atoms with Gasteiger partial charge in [-0.3, -0.25) is 0 Å². The number of H-pyrrole nitrogens is 1. The number of benzene rings is 1. The highest BCUT2D eigenvalue weighted by Crippen LogP contribution is 2.30. The number of halogens is 1. The first-order valence-electron chi connectivity index (χ1n) is 6.78. The van der Waals surface area contributed by atoms with Gasteiger partial charge in [-0.2, -0.15) is 4.31 Å². The second kappa shape index (κ2) is 5.06. The second-order valence-electron chi connectivity index (χ2n) is 5.17. The number of hydrogen-bond donors (Lipinski definition) is 1. The molecule has 1 aliphatic heterocycles. The van der Waals surface area contributed by atoms with Gasteiger partial charge in [0.25, 0.3) is 0 Å². The summed E-state index contributed by atoms with van der Waals surface area (Å²) in [5.41, 5.74) is 3.20. The minimum Gasteiger partial charge on any atom is -0.358 e. The van der Waals surface area contributed by atoms with Gasteiger partial charge in [-0.15, -0.1) is 0 Å². The molecule has 0 atom stereocenters. The third-order valence-electron chi connectivity index (χ3n) is 3.76. The Hall–Kier alpha value is -1.04. The summed E-state index contributed by atoms with van der Waals surface area (Å²) in [5.74, 6) is 0.219. The molecule has 20 heavy (non-hydrogen) atoms. The van der Waals surface area contributed by atoms with Gasteiger partial charge >= 0.3 is 0 Å². The van der Waals surface area contributed by atoms with E-state index in [1.807, 2.05) is 25.1 Å². The number of nitrogens with one attached hydrogen (secondary N) is 1. The molecule has 0 fully saturated rings. The highest BCUT2D eigenvalue weighted by atomic mass is 35.5. The largest absolute Gasteiger partial charge is 0.358 e. The van der Waals surface area contributed by atoms with E-state index in [1.165, 1.54) is 0 Å². The Labute approximate surface area is 123 Å². The minimum atomic E-state index is -3.14. The molecular formula is C14H17ClN2O2S. The average Bonchev–Trinajstić information content (AvgIpc) is 2.74. The molecule has 0 saturated carbocycles. The average molecular weight is 313 g/mol. The van der Waals surface area contributed by atoms with Crippen molar-refractivity contribution in [1.82, 2.24) is 9.29 Å². The predicted octanol–water partition coefficient (Wildman–Crippen LogP) is 2.92. The Kier molecular flexibility index (Phi) is 3.52. The molecule has 0 saturated heterocycles. The zero-order chi connectivity index (χ0) is 14.3. The lowest BCUT2D eigenvalue weighted by Gasteiger charge is -2.26. The van der Waals surface area contributed by atoms with Crippen molar-refractivity contribution in [1.29, 1.82) is 0 Å². The number of aromatic amines is 1. The SMILES string of the molecule is CCCS(=O)(=O)N1CCc2[nH]c3cc(Cl)ccc3c2C1. The van der Waals surface area contributed by atoms with Gasteiger partial charge in [0.15, 0.2) is 0 Å². The Morgan fingerprint density at radius 1 is 1.40 bits per heavy atom. The van der Waals surface area contributed by atoms with Crippen molar-refractivity contribution in [2.24, 2.45) is 0 Å². The van der Waals surface area contributed by atoms with Crippen LogP contribution in [-0.4, -0.2) is 30.0 Å². The lowest BCUT2D eigenvalue weighted by Crippen LogP contribution is -2.37. The molecule has 0 aliphatic carbocycles. The predicted molar refractivity (Wildman–Crippen MR) is 81.5 cm³/mol. The lowest BCUT2D eigenvalue weighted by atomic mass is 10.1. The Balaban J connectivity index is 2.00. The Bertz CT molecular complexity index is 752. The van der Waals surface area contributed by atoms with Gasteiger partial charge in [0.05, 0.1) is 5.75 Å². The van der Waals surface area contributed by atoms with Gasteiger partial charge in [0, 0.05) is 41.1 Å². The smallest absolute Gasteiger partial charge is 0.214 e. The van der Waals surface area contributed by atoms with Crippen LogP contribution in [0.2, 0.25) is 5.02 Å². The first-order valence-corrected chi connectivity index (χ1v) is 8.77. The van der Waals surface area contributed by atoms with E-state index in [2.05, 4.69) is 4.98 Å². The van der Waals surface area contributed by atoms with E-state index in [4.69, 9.17) is 11.6 Å². The van der Waals surface area contributed by atoms with Crippen LogP contribution >= 0.6 is 11.6 Å². The fourth-order valence-corrected chi connectivity index (χ4v) is 4.44. The second-order valence-corrected chi connectivity index (χ2v) is 7.70. The summed E-state index contributed by atoms with van der Waals surface area (Å²) >= 11 is 6.00. The quantitative estimate of drug-likeness (QED) is 0.947. The molecular weight excluding hydrogens is 296 g/mol. The summed E-state index contributed by atoms with van der Waals surface area (Å²) in [6.45, 7) is 2.90. The molecule has 3 rings (SSSR count). The van der Waals surface area contributed by atoms with Crippen molar-refractivity contribution in [3.63, 3.8) is 0 Å². The van der Waals surface area contributed by atoms with Gasteiger partial charge < -0.3 is 4.98 Å². The number of aromatic nitrogens is 1. The van der Waals surface area contributed by atoms with E-state index in [-0.39, 0.29) is 5.75 Å². The van der Waals surface area contributed by atoms with Gasteiger partial charge in [0.1, 0.15) is 0 Å². The van der Waals surface area contributed by atoms with Gasteiger partial charge in [0.2, 0.25) is 10.0 Å². The van der Waals surface area contributed by atoms with E-state index in [0.29, 0.717) is 24.5 Å². The molecule has 108 valence electrons. The summed E-state index contributed by atoms with van der Waals surface area (Å²) in [7, 11) is -3.14. The summed E-state index contributed by atoms with van der Waals surface area (Å²) in [4.78, 5) is 3.35. The fraction of sp³-hybridized carbons (Fsp3) is 0.429. The lowest BCUT2D eigenvalue weighted by molar-refractivity contribution is 0.391.